The van der Waals surface area contributed by atoms with Crippen LogP contribution in [0, 0.1) is 6.92 Å². The van der Waals surface area contributed by atoms with E-state index in [9.17, 15) is 0 Å². The Morgan fingerprint density at radius 3 is 2.44 bits per heavy atom. The van der Waals surface area contributed by atoms with E-state index in [1.54, 1.807) is 6.20 Å². The molecule has 2 heterocycles. The molecule has 3 aromatic rings. The van der Waals surface area contributed by atoms with E-state index in [1.807, 2.05) is 24.3 Å². The highest BCUT2D eigenvalue weighted by Gasteiger charge is 2.14. The van der Waals surface area contributed by atoms with Crippen molar-refractivity contribution in [1.29, 1.82) is 0 Å². The molecule has 0 fully saturated rings. The number of aryl methyl sites for hydroxylation is 2. The van der Waals surface area contributed by atoms with Gasteiger partial charge in [0, 0.05) is 58.7 Å². The first kappa shape index (κ1) is 17.2. The summed E-state index contributed by atoms with van der Waals surface area (Å²) in [6, 6.07) is 8.72. The highest BCUT2D eigenvalue weighted by molar-refractivity contribution is 5.48. The van der Waals surface area contributed by atoms with Crippen LogP contribution in [-0.4, -0.2) is 33.4 Å². The quantitative estimate of drug-likeness (QED) is 0.718. The second kappa shape index (κ2) is 7.53. The minimum atomic E-state index is 0.809. The van der Waals surface area contributed by atoms with Crippen molar-refractivity contribution in [3.8, 4) is 0 Å². The smallest absolute Gasteiger partial charge is 0.130 e. The van der Waals surface area contributed by atoms with E-state index in [0.29, 0.717) is 0 Å². The van der Waals surface area contributed by atoms with Crippen molar-refractivity contribution in [2.45, 2.75) is 26.6 Å². The number of hydrogen-bond acceptors (Lipinski definition) is 4. The number of imidazole rings is 1. The summed E-state index contributed by atoms with van der Waals surface area (Å²) in [7, 11) is 6.10. The third-order valence-electron chi connectivity index (χ3n) is 4.31. The maximum atomic E-state index is 4.53. The first-order valence-electron chi connectivity index (χ1n) is 8.48. The maximum absolute atomic E-state index is 4.53. The minimum Gasteiger partial charge on any atom is -0.363 e. The standard InChI is InChI=1S/C19H26N6/c1-15-18(19(23(2)3)24(4)22-15)12-21-11-16-5-7-17(8-6-16)13-25-10-9-20-14-25/h5-10,14,21H,11-13H2,1-4H3. The zero-order valence-electron chi connectivity index (χ0n) is 15.4. The molecule has 0 aliphatic carbocycles. The molecule has 0 aliphatic rings. The molecule has 3 rings (SSSR count). The molecule has 1 N–H and O–H groups in total. The van der Waals surface area contributed by atoms with Gasteiger partial charge < -0.3 is 14.8 Å². The Bertz CT molecular complexity index is 799. The third-order valence-corrected chi connectivity index (χ3v) is 4.31. The lowest BCUT2D eigenvalue weighted by Crippen LogP contribution is -2.18. The molecule has 0 saturated heterocycles. The summed E-state index contributed by atoms with van der Waals surface area (Å²) in [5, 5.41) is 8.07. The van der Waals surface area contributed by atoms with Crippen LogP contribution in [0.2, 0.25) is 0 Å². The van der Waals surface area contributed by atoms with Crippen LogP contribution < -0.4 is 10.2 Å². The van der Waals surface area contributed by atoms with Gasteiger partial charge in [0.05, 0.1) is 12.0 Å². The predicted molar refractivity (Wildman–Crippen MR) is 101 cm³/mol. The second-order valence-electron chi connectivity index (χ2n) is 6.56. The monoisotopic (exact) mass is 338 g/mol. The van der Waals surface area contributed by atoms with Crippen LogP contribution in [0.5, 0.6) is 0 Å². The molecule has 0 aliphatic heterocycles. The Labute approximate surface area is 149 Å². The van der Waals surface area contributed by atoms with Gasteiger partial charge in [0.2, 0.25) is 0 Å². The van der Waals surface area contributed by atoms with Crippen molar-refractivity contribution in [1.82, 2.24) is 24.6 Å². The zero-order chi connectivity index (χ0) is 17.8. The first-order valence-corrected chi connectivity index (χ1v) is 8.48. The first-order chi connectivity index (χ1) is 12.0. The van der Waals surface area contributed by atoms with Gasteiger partial charge in [-0.15, -0.1) is 0 Å². The molecule has 6 heteroatoms. The lowest BCUT2D eigenvalue weighted by Gasteiger charge is -2.15. The Balaban J connectivity index is 1.57. The second-order valence-corrected chi connectivity index (χ2v) is 6.56. The van der Waals surface area contributed by atoms with Gasteiger partial charge in [0.15, 0.2) is 0 Å². The number of benzene rings is 1. The van der Waals surface area contributed by atoms with Crippen LogP contribution in [-0.2, 0) is 26.7 Å². The van der Waals surface area contributed by atoms with Gasteiger partial charge in [-0.2, -0.15) is 5.10 Å². The van der Waals surface area contributed by atoms with Crippen LogP contribution in [0.1, 0.15) is 22.4 Å². The molecule has 0 spiro atoms. The Morgan fingerprint density at radius 1 is 1.08 bits per heavy atom. The maximum Gasteiger partial charge on any atom is 0.130 e. The fourth-order valence-corrected chi connectivity index (χ4v) is 3.14. The Hall–Kier alpha value is -2.60. The van der Waals surface area contributed by atoms with Crippen LogP contribution in [0.15, 0.2) is 43.0 Å². The molecular formula is C19H26N6. The number of hydrogen-bond donors (Lipinski definition) is 1. The van der Waals surface area contributed by atoms with Crippen LogP contribution in [0.4, 0.5) is 5.82 Å². The van der Waals surface area contributed by atoms with Gasteiger partial charge in [-0.25, -0.2) is 4.98 Å². The van der Waals surface area contributed by atoms with Crippen LogP contribution >= 0.6 is 0 Å². The molecular weight excluding hydrogens is 312 g/mol. The summed E-state index contributed by atoms with van der Waals surface area (Å²) in [5.74, 6) is 1.15. The number of anilines is 1. The van der Waals surface area contributed by atoms with Gasteiger partial charge in [-0.1, -0.05) is 24.3 Å². The van der Waals surface area contributed by atoms with Crippen molar-refractivity contribution in [2.24, 2.45) is 7.05 Å². The van der Waals surface area contributed by atoms with Crippen LogP contribution in [0.3, 0.4) is 0 Å². The molecule has 1 aromatic carbocycles. The molecule has 0 radical (unpaired) electrons. The molecule has 132 valence electrons. The Morgan fingerprint density at radius 2 is 1.80 bits per heavy atom. The molecule has 2 aromatic heterocycles. The summed E-state index contributed by atoms with van der Waals surface area (Å²) in [4.78, 5) is 6.19. The fourth-order valence-electron chi connectivity index (χ4n) is 3.14. The lowest BCUT2D eigenvalue weighted by molar-refractivity contribution is 0.688. The number of rotatable bonds is 7. The van der Waals surface area contributed by atoms with Crippen molar-refractivity contribution in [2.75, 3.05) is 19.0 Å². The summed E-state index contributed by atoms with van der Waals surface area (Å²) in [5.41, 5.74) is 4.89. The van der Waals surface area contributed by atoms with E-state index in [2.05, 4.69) is 70.2 Å². The number of aromatic nitrogens is 4. The highest BCUT2D eigenvalue weighted by atomic mass is 15.4. The minimum absolute atomic E-state index is 0.809. The summed E-state index contributed by atoms with van der Waals surface area (Å²) in [6.07, 6.45) is 5.63. The van der Waals surface area contributed by atoms with E-state index in [1.165, 1.54) is 16.7 Å². The van der Waals surface area contributed by atoms with Gasteiger partial charge >= 0.3 is 0 Å². The van der Waals surface area contributed by atoms with E-state index in [0.717, 1.165) is 31.1 Å². The SMILES string of the molecule is Cc1nn(C)c(N(C)C)c1CNCc1ccc(Cn2ccnc2)cc1. The summed E-state index contributed by atoms with van der Waals surface area (Å²) >= 11 is 0. The molecule has 6 nitrogen and oxygen atoms in total. The third kappa shape index (κ3) is 4.09. The van der Waals surface area contributed by atoms with Crippen molar-refractivity contribution >= 4 is 5.82 Å². The zero-order valence-corrected chi connectivity index (χ0v) is 15.4. The number of nitrogens with zero attached hydrogens (tertiary/aromatic N) is 5. The lowest BCUT2D eigenvalue weighted by atomic mass is 10.1. The van der Waals surface area contributed by atoms with Crippen molar-refractivity contribution in [3.63, 3.8) is 0 Å². The molecule has 0 amide bonds. The Kier molecular flexibility index (Phi) is 5.19. The molecule has 0 bridgehead atoms. The molecule has 0 saturated carbocycles. The van der Waals surface area contributed by atoms with E-state index in [4.69, 9.17) is 0 Å². The average Bonchev–Trinajstić information content (AvgIpc) is 3.17. The van der Waals surface area contributed by atoms with E-state index >= 15 is 0 Å². The van der Waals surface area contributed by atoms with Gasteiger partial charge in [0.1, 0.15) is 5.82 Å². The van der Waals surface area contributed by atoms with Gasteiger partial charge in [-0.3, -0.25) is 4.68 Å². The normalized spacial score (nSPS) is 11.0. The fraction of sp³-hybridized carbons (Fsp3) is 0.368. The van der Waals surface area contributed by atoms with Gasteiger partial charge in [0.25, 0.3) is 0 Å². The molecule has 0 unspecified atom stereocenters. The number of nitrogens with one attached hydrogen (secondary N) is 1. The topological polar surface area (TPSA) is 50.9 Å². The summed E-state index contributed by atoms with van der Waals surface area (Å²) in [6.45, 7) is 4.57. The van der Waals surface area contributed by atoms with Gasteiger partial charge in [-0.05, 0) is 18.1 Å². The molecule has 0 atom stereocenters. The molecule has 25 heavy (non-hydrogen) atoms. The van der Waals surface area contributed by atoms with Crippen molar-refractivity contribution < 1.29 is 0 Å². The van der Waals surface area contributed by atoms with Crippen LogP contribution in [0.25, 0.3) is 0 Å². The predicted octanol–water partition coefficient (Wildman–Crippen LogP) is 2.33. The largest absolute Gasteiger partial charge is 0.363 e. The highest BCUT2D eigenvalue weighted by Crippen LogP contribution is 2.21. The average molecular weight is 338 g/mol. The van der Waals surface area contributed by atoms with Crippen molar-refractivity contribution in [3.05, 3.63) is 65.4 Å². The van der Waals surface area contributed by atoms with E-state index < -0.39 is 0 Å². The summed E-state index contributed by atoms with van der Waals surface area (Å²) < 4.78 is 4.01. The van der Waals surface area contributed by atoms with E-state index in [-0.39, 0.29) is 0 Å².